The summed E-state index contributed by atoms with van der Waals surface area (Å²) in [5, 5.41) is 9.72. The van der Waals surface area contributed by atoms with Gasteiger partial charge in [-0.15, -0.1) is 0 Å². The van der Waals surface area contributed by atoms with E-state index in [4.69, 9.17) is 11.6 Å². The van der Waals surface area contributed by atoms with Crippen LogP contribution in [0.3, 0.4) is 0 Å². The van der Waals surface area contributed by atoms with Crippen molar-refractivity contribution in [2.75, 3.05) is 0 Å². The molecule has 1 N–H and O–H groups in total. The lowest BCUT2D eigenvalue weighted by Gasteiger charge is -1.99. The van der Waals surface area contributed by atoms with Gasteiger partial charge in [0.25, 0.3) is 10.0 Å². The van der Waals surface area contributed by atoms with Crippen molar-refractivity contribution in [1.82, 2.24) is 0 Å². The van der Waals surface area contributed by atoms with Crippen molar-refractivity contribution in [3.05, 3.63) is 59.1 Å². The van der Waals surface area contributed by atoms with Crippen molar-refractivity contribution in [3.63, 3.8) is 0 Å². The molecule has 0 unspecified atom stereocenters. The Hall–Kier alpha value is -1.85. The molecule has 98 valence electrons. The Balaban J connectivity index is 2.29. The Morgan fingerprint density at radius 1 is 1.11 bits per heavy atom. The molecule has 0 atom stereocenters. The standard InChI is InChI=1S/C13H10ClNO3S/c14-11-4-6-13(7-5-11)19(17,18)15-9-10-2-1-3-12(16)8-10/h1-9,16H. The van der Waals surface area contributed by atoms with Gasteiger partial charge in [-0.1, -0.05) is 23.7 Å². The maximum absolute atomic E-state index is 11.9. The molecular weight excluding hydrogens is 286 g/mol. The highest BCUT2D eigenvalue weighted by atomic mass is 35.5. The first-order valence-corrected chi connectivity index (χ1v) is 7.14. The van der Waals surface area contributed by atoms with E-state index in [0.29, 0.717) is 10.6 Å². The van der Waals surface area contributed by atoms with Gasteiger partial charge in [-0.2, -0.15) is 12.8 Å². The van der Waals surface area contributed by atoms with Gasteiger partial charge in [0.1, 0.15) is 5.75 Å². The second kappa shape index (κ2) is 5.42. The lowest BCUT2D eigenvalue weighted by Crippen LogP contribution is -1.97. The Kier molecular flexibility index (Phi) is 3.87. The van der Waals surface area contributed by atoms with E-state index in [1.807, 2.05) is 0 Å². The number of hydrogen-bond donors (Lipinski definition) is 1. The van der Waals surface area contributed by atoms with E-state index in [9.17, 15) is 13.5 Å². The molecule has 19 heavy (non-hydrogen) atoms. The monoisotopic (exact) mass is 295 g/mol. The summed E-state index contributed by atoms with van der Waals surface area (Å²) >= 11 is 5.69. The molecule has 6 heteroatoms. The van der Waals surface area contributed by atoms with Gasteiger partial charge >= 0.3 is 0 Å². The second-order valence-corrected chi connectivity index (χ2v) is 5.83. The third-order valence-electron chi connectivity index (χ3n) is 2.32. The van der Waals surface area contributed by atoms with E-state index in [-0.39, 0.29) is 10.6 Å². The molecule has 0 radical (unpaired) electrons. The fourth-order valence-corrected chi connectivity index (χ4v) is 2.39. The maximum Gasteiger partial charge on any atom is 0.282 e. The first kappa shape index (κ1) is 13.6. The number of halogens is 1. The number of rotatable bonds is 3. The van der Waals surface area contributed by atoms with Gasteiger partial charge in [-0.3, -0.25) is 0 Å². The van der Waals surface area contributed by atoms with Crippen LogP contribution < -0.4 is 0 Å². The van der Waals surface area contributed by atoms with E-state index < -0.39 is 10.0 Å². The summed E-state index contributed by atoms with van der Waals surface area (Å²) in [6, 6.07) is 11.9. The first-order chi connectivity index (χ1) is 8.97. The predicted molar refractivity (Wildman–Crippen MR) is 74.3 cm³/mol. The number of benzene rings is 2. The van der Waals surface area contributed by atoms with Gasteiger partial charge in [0.15, 0.2) is 0 Å². The Bertz CT molecular complexity index is 709. The van der Waals surface area contributed by atoms with Crippen LogP contribution in [0.5, 0.6) is 5.75 Å². The minimum Gasteiger partial charge on any atom is -0.508 e. The van der Waals surface area contributed by atoms with Crippen molar-refractivity contribution >= 4 is 27.8 Å². The highest BCUT2D eigenvalue weighted by Gasteiger charge is 2.10. The van der Waals surface area contributed by atoms with Crippen LogP contribution in [-0.2, 0) is 10.0 Å². The van der Waals surface area contributed by atoms with Crippen LogP contribution in [0.2, 0.25) is 5.02 Å². The summed E-state index contributed by atoms with van der Waals surface area (Å²) in [5.41, 5.74) is 0.498. The Morgan fingerprint density at radius 2 is 1.79 bits per heavy atom. The molecule has 0 aliphatic heterocycles. The number of phenols is 1. The van der Waals surface area contributed by atoms with Gasteiger partial charge in [-0.25, -0.2) is 0 Å². The van der Waals surface area contributed by atoms with Crippen LogP contribution in [0.1, 0.15) is 5.56 Å². The fourth-order valence-electron chi connectivity index (χ4n) is 1.40. The van der Waals surface area contributed by atoms with E-state index in [2.05, 4.69) is 4.40 Å². The van der Waals surface area contributed by atoms with Crippen molar-refractivity contribution < 1.29 is 13.5 Å². The van der Waals surface area contributed by atoms with Crippen molar-refractivity contribution in [3.8, 4) is 5.75 Å². The topological polar surface area (TPSA) is 66.7 Å². The summed E-state index contributed by atoms with van der Waals surface area (Å²) < 4.78 is 27.4. The number of aromatic hydroxyl groups is 1. The van der Waals surface area contributed by atoms with Gasteiger partial charge in [0, 0.05) is 11.2 Å². The second-order valence-electron chi connectivity index (χ2n) is 3.76. The van der Waals surface area contributed by atoms with E-state index in [1.165, 1.54) is 42.6 Å². The zero-order valence-corrected chi connectivity index (χ0v) is 11.3. The van der Waals surface area contributed by atoms with Crippen LogP contribution in [0, 0.1) is 0 Å². The van der Waals surface area contributed by atoms with Crippen LogP contribution in [0.25, 0.3) is 0 Å². The minimum atomic E-state index is -3.76. The quantitative estimate of drug-likeness (QED) is 0.885. The van der Waals surface area contributed by atoms with Crippen LogP contribution >= 0.6 is 11.6 Å². The molecule has 2 aromatic rings. The third-order valence-corrected chi connectivity index (χ3v) is 3.83. The number of sulfonamides is 1. The van der Waals surface area contributed by atoms with Crippen molar-refractivity contribution in [2.24, 2.45) is 4.40 Å². The molecular formula is C13H10ClNO3S. The molecule has 2 aromatic carbocycles. The number of hydrogen-bond acceptors (Lipinski definition) is 3. The highest BCUT2D eigenvalue weighted by molar-refractivity contribution is 7.90. The Labute approximate surface area is 116 Å². The average Bonchev–Trinajstić information content (AvgIpc) is 2.37. The third kappa shape index (κ3) is 3.56. The van der Waals surface area contributed by atoms with Crippen LogP contribution in [0.4, 0.5) is 0 Å². The molecule has 0 spiro atoms. The zero-order valence-electron chi connectivity index (χ0n) is 9.69. The van der Waals surface area contributed by atoms with Gasteiger partial charge in [0.05, 0.1) is 4.90 Å². The predicted octanol–water partition coefficient (Wildman–Crippen LogP) is 2.85. The first-order valence-electron chi connectivity index (χ1n) is 5.32. The Morgan fingerprint density at radius 3 is 2.42 bits per heavy atom. The molecule has 0 heterocycles. The van der Waals surface area contributed by atoms with E-state index in [1.54, 1.807) is 12.1 Å². The van der Waals surface area contributed by atoms with Crippen molar-refractivity contribution in [2.45, 2.75) is 4.90 Å². The van der Waals surface area contributed by atoms with E-state index >= 15 is 0 Å². The number of phenolic OH excluding ortho intramolecular Hbond substituents is 1. The summed E-state index contributed by atoms with van der Waals surface area (Å²) in [6.07, 6.45) is 1.18. The normalized spacial score (nSPS) is 11.8. The van der Waals surface area contributed by atoms with Crippen molar-refractivity contribution in [1.29, 1.82) is 0 Å². The molecule has 0 saturated heterocycles. The molecule has 0 aliphatic rings. The lowest BCUT2D eigenvalue weighted by molar-refractivity contribution is 0.475. The molecule has 0 saturated carbocycles. The lowest BCUT2D eigenvalue weighted by atomic mass is 10.2. The summed E-state index contributed by atoms with van der Waals surface area (Å²) in [7, 11) is -3.76. The molecule has 0 aromatic heterocycles. The molecule has 0 bridgehead atoms. The number of nitrogens with zero attached hydrogens (tertiary/aromatic N) is 1. The molecule has 4 nitrogen and oxygen atoms in total. The highest BCUT2D eigenvalue weighted by Crippen LogP contribution is 2.16. The fraction of sp³-hybridized carbons (Fsp3) is 0. The molecule has 0 fully saturated rings. The van der Waals surface area contributed by atoms with Gasteiger partial charge in [0.2, 0.25) is 0 Å². The molecule has 0 aliphatic carbocycles. The van der Waals surface area contributed by atoms with Crippen LogP contribution in [-0.4, -0.2) is 19.7 Å². The summed E-state index contributed by atoms with van der Waals surface area (Å²) in [6.45, 7) is 0. The minimum absolute atomic E-state index is 0.0489. The zero-order chi connectivity index (χ0) is 13.9. The summed E-state index contributed by atoms with van der Waals surface area (Å²) in [4.78, 5) is 0.0632. The molecule has 0 amide bonds. The summed E-state index contributed by atoms with van der Waals surface area (Å²) in [5.74, 6) is 0.0489. The van der Waals surface area contributed by atoms with Crippen LogP contribution in [0.15, 0.2) is 57.8 Å². The largest absolute Gasteiger partial charge is 0.508 e. The molecule has 2 rings (SSSR count). The SMILES string of the molecule is O=S(=O)(N=Cc1cccc(O)c1)c1ccc(Cl)cc1. The average molecular weight is 296 g/mol. The van der Waals surface area contributed by atoms with E-state index in [0.717, 1.165) is 0 Å². The van der Waals surface area contributed by atoms with Gasteiger partial charge in [-0.05, 0) is 42.0 Å². The van der Waals surface area contributed by atoms with Gasteiger partial charge < -0.3 is 5.11 Å². The smallest absolute Gasteiger partial charge is 0.282 e. The maximum atomic E-state index is 11.9.